The fraction of sp³-hybridized carbons (Fsp3) is 1.00. The van der Waals surface area contributed by atoms with Gasteiger partial charge in [0.25, 0.3) is 0 Å². The third-order valence-electron chi connectivity index (χ3n) is 4.66. The lowest BCUT2D eigenvalue weighted by molar-refractivity contribution is 0.0460. The molecular formula is C13H25N. The molecule has 14 heavy (non-hydrogen) atoms. The molecule has 2 fully saturated rings. The summed E-state index contributed by atoms with van der Waals surface area (Å²) in [7, 11) is 0. The van der Waals surface area contributed by atoms with E-state index in [0.29, 0.717) is 5.41 Å². The molecule has 2 aliphatic rings. The van der Waals surface area contributed by atoms with Gasteiger partial charge in [0.05, 0.1) is 0 Å². The summed E-state index contributed by atoms with van der Waals surface area (Å²) in [6.07, 6.45) is 10.2. The Balaban J connectivity index is 1.93. The second-order valence-corrected chi connectivity index (χ2v) is 5.62. The van der Waals surface area contributed by atoms with Crippen LogP contribution in [0.1, 0.15) is 58.8 Å². The highest BCUT2D eigenvalue weighted by molar-refractivity contribution is 5.01. The van der Waals surface area contributed by atoms with Crippen molar-refractivity contribution in [2.45, 2.75) is 64.8 Å². The van der Waals surface area contributed by atoms with Crippen LogP contribution in [0.5, 0.6) is 0 Å². The fourth-order valence-electron chi connectivity index (χ4n) is 3.29. The van der Waals surface area contributed by atoms with Crippen LogP contribution in [0, 0.1) is 11.3 Å². The molecule has 2 rings (SSSR count). The van der Waals surface area contributed by atoms with E-state index < -0.39 is 0 Å². The first-order valence-electron chi connectivity index (χ1n) is 6.49. The third-order valence-corrected chi connectivity index (χ3v) is 4.66. The molecule has 2 atom stereocenters. The fourth-order valence-corrected chi connectivity index (χ4v) is 3.29. The summed E-state index contributed by atoms with van der Waals surface area (Å²) in [5.74, 6) is 0.983. The summed E-state index contributed by atoms with van der Waals surface area (Å²) in [4.78, 5) is 0. The van der Waals surface area contributed by atoms with E-state index in [1.54, 1.807) is 0 Å². The largest absolute Gasteiger partial charge is 0.313 e. The molecule has 1 heterocycles. The van der Waals surface area contributed by atoms with Gasteiger partial charge in [-0.15, -0.1) is 0 Å². The second kappa shape index (κ2) is 4.22. The number of rotatable bonds is 2. The van der Waals surface area contributed by atoms with Gasteiger partial charge in [-0.2, -0.15) is 0 Å². The SMILES string of the molecule is CCC1(C)CNC1C1CCCCCC1. The zero-order valence-electron chi connectivity index (χ0n) is 9.81. The van der Waals surface area contributed by atoms with Gasteiger partial charge in [-0.25, -0.2) is 0 Å². The quantitative estimate of drug-likeness (QED) is 0.666. The molecule has 1 nitrogen and oxygen atoms in total. The van der Waals surface area contributed by atoms with Crippen molar-refractivity contribution >= 4 is 0 Å². The molecule has 0 aromatic rings. The van der Waals surface area contributed by atoms with Gasteiger partial charge in [-0.05, 0) is 30.6 Å². The van der Waals surface area contributed by atoms with E-state index in [2.05, 4.69) is 19.2 Å². The summed E-state index contributed by atoms with van der Waals surface area (Å²) in [5, 5.41) is 3.68. The Morgan fingerprint density at radius 2 is 1.79 bits per heavy atom. The van der Waals surface area contributed by atoms with Gasteiger partial charge in [0.15, 0.2) is 0 Å². The lowest BCUT2D eigenvalue weighted by Gasteiger charge is -2.51. The van der Waals surface area contributed by atoms with Gasteiger partial charge in [-0.3, -0.25) is 0 Å². The summed E-state index contributed by atoms with van der Waals surface area (Å²) in [6.45, 7) is 6.08. The van der Waals surface area contributed by atoms with E-state index in [9.17, 15) is 0 Å². The Kier molecular flexibility index (Phi) is 3.16. The molecule has 0 aromatic heterocycles. The van der Waals surface area contributed by atoms with Gasteiger partial charge in [0, 0.05) is 12.6 Å². The molecular weight excluding hydrogens is 170 g/mol. The van der Waals surface area contributed by atoms with E-state index in [1.807, 2.05) is 0 Å². The molecule has 0 aromatic carbocycles. The first-order valence-corrected chi connectivity index (χ1v) is 6.49. The monoisotopic (exact) mass is 195 g/mol. The first-order chi connectivity index (χ1) is 6.76. The van der Waals surface area contributed by atoms with Gasteiger partial charge in [0.2, 0.25) is 0 Å². The van der Waals surface area contributed by atoms with Crippen LogP contribution in [0.15, 0.2) is 0 Å². The first kappa shape index (κ1) is 10.5. The van der Waals surface area contributed by atoms with Crippen LogP contribution < -0.4 is 5.32 Å². The molecule has 0 amide bonds. The standard InChI is InChI=1S/C13H25N/c1-3-13(2)10-14-12(13)11-8-6-4-5-7-9-11/h11-12,14H,3-10H2,1-2H3. The zero-order valence-corrected chi connectivity index (χ0v) is 9.81. The van der Waals surface area contributed by atoms with Crippen molar-refractivity contribution in [1.29, 1.82) is 0 Å². The van der Waals surface area contributed by atoms with E-state index in [0.717, 1.165) is 12.0 Å². The molecule has 0 spiro atoms. The van der Waals surface area contributed by atoms with Crippen LogP contribution in [0.2, 0.25) is 0 Å². The van der Waals surface area contributed by atoms with E-state index in [4.69, 9.17) is 0 Å². The Labute approximate surface area is 88.7 Å². The number of hydrogen-bond acceptors (Lipinski definition) is 1. The molecule has 0 bridgehead atoms. The van der Waals surface area contributed by atoms with Crippen molar-refractivity contribution in [2.75, 3.05) is 6.54 Å². The van der Waals surface area contributed by atoms with Gasteiger partial charge in [-0.1, -0.05) is 39.5 Å². The molecule has 1 saturated heterocycles. The average molecular weight is 195 g/mol. The zero-order chi connectivity index (χ0) is 10.0. The van der Waals surface area contributed by atoms with Gasteiger partial charge < -0.3 is 5.32 Å². The summed E-state index contributed by atoms with van der Waals surface area (Å²) in [5.41, 5.74) is 0.620. The molecule has 1 aliphatic heterocycles. The minimum absolute atomic E-state index is 0.620. The molecule has 2 unspecified atom stereocenters. The van der Waals surface area contributed by atoms with Crippen LogP contribution in [-0.2, 0) is 0 Å². The maximum Gasteiger partial charge on any atom is 0.0161 e. The Morgan fingerprint density at radius 1 is 1.14 bits per heavy atom. The van der Waals surface area contributed by atoms with Gasteiger partial charge >= 0.3 is 0 Å². The van der Waals surface area contributed by atoms with Crippen molar-refractivity contribution in [3.05, 3.63) is 0 Å². The highest BCUT2D eigenvalue weighted by Crippen LogP contribution is 2.41. The second-order valence-electron chi connectivity index (χ2n) is 5.62. The molecule has 0 radical (unpaired) electrons. The Hall–Kier alpha value is -0.0400. The topological polar surface area (TPSA) is 12.0 Å². The molecule has 1 heteroatoms. The summed E-state index contributed by atoms with van der Waals surface area (Å²) >= 11 is 0. The van der Waals surface area contributed by atoms with E-state index >= 15 is 0 Å². The van der Waals surface area contributed by atoms with Crippen molar-refractivity contribution in [3.63, 3.8) is 0 Å². The van der Waals surface area contributed by atoms with Gasteiger partial charge in [0.1, 0.15) is 0 Å². The van der Waals surface area contributed by atoms with Crippen molar-refractivity contribution in [3.8, 4) is 0 Å². The van der Waals surface area contributed by atoms with E-state index in [1.165, 1.54) is 51.5 Å². The van der Waals surface area contributed by atoms with Crippen molar-refractivity contribution in [2.24, 2.45) is 11.3 Å². The smallest absolute Gasteiger partial charge is 0.0161 e. The highest BCUT2D eigenvalue weighted by atomic mass is 15.0. The van der Waals surface area contributed by atoms with Crippen LogP contribution in [0.25, 0.3) is 0 Å². The van der Waals surface area contributed by atoms with E-state index in [-0.39, 0.29) is 0 Å². The molecule has 1 N–H and O–H groups in total. The predicted molar refractivity (Wildman–Crippen MR) is 61.4 cm³/mol. The maximum atomic E-state index is 3.68. The third kappa shape index (κ3) is 1.84. The Bertz CT molecular complexity index is 178. The molecule has 82 valence electrons. The normalized spacial score (nSPS) is 40.3. The van der Waals surface area contributed by atoms with Crippen LogP contribution >= 0.6 is 0 Å². The van der Waals surface area contributed by atoms with Crippen molar-refractivity contribution in [1.82, 2.24) is 5.32 Å². The Morgan fingerprint density at radius 3 is 2.21 bits per heavy atom. The minimum Gasteiger partial charge on any atom is -0.313 e. The maximum absolute atomic E-state index is 3.68. The minimum atomic E-state index is 0.620. The average Bonchev–Trinajstić information content (AvgIpc) is 2.44. The predicted octanol–water partition coefficient (Wildman–Crippen LogP) is 3.34. The summed E-state index contributed by atoms with van der Waals surface area (Å²) < 4.78 is 0. The summed E-state index contributed by atoms with van der Waals surface area (Å²) in [6, 6.07) is 0.839. The number of hydrogen-bond donors (Lipinski definition) is 1. The van der Waals surface area contributed by atoms with Crippen LogP contribution in [0.4, 0.5) is 0 Å². The lowest BCUT2D eigenvalue weighted by atomic mass is 9.66. The molecule has 1 saturated carbocycles. The highest BCUT2D eigenvalue weighted by Gasteiger charge is 2.44. The lowest BCUT2D eigenvalue weighted by Crippen LogP contribution is -2.63. The molecule has 1 aliphatic carbocycles. The van der Waals surface area contributed by atoms with Crippen LogP contribution in [0.3, 0.4) is 0 Å². The van der Waals surface area contributed by atoms with Crippen molar-refractivity contribution < 1.29 is 0 Å². The number of nitrogens with one attached hydrogen (secondary N) is 1. The van der Waals surface area contributed by atoms with Crippen LogP contribution in [-0.4, -0.2) is 12.6 Å².